The van der Waals surface area contributed by atoms with Gasteiger partial charge in [-0.25, -0.2) is 8.78 Å². The van der Waals surface area contributed by atoms with E-state index in [1.54, 1.807) is 31.3 Å². The molecule has 0 spiro atoms. The summed E-state index contributed by atoms with van der Waals surface area (Å²) in [5, 5.41) is 10.1. The van der Waals surface area contributed by atoms with Crippen molar-refractivity contribution in [2.24, 2.45) is 11.7 Å². The Labute approximate surface area is 180 Å². The molecule has 7 heteroatoms. The molecule has 0 fully saturated rings. The Morgan fingerprint density at radius 3 is 2.13 bits per heavy atom. The fraction of sp³-hybridized carbons (Fsp3) is 0.333. The lowest BCUT2D eigenvalue weighted by Crippen LogP contribution is -2.41. The van der Waals surface area contributed by atoms with Crippen LogP contribution in [0.4, 0.5) is 14.5 Å². The molecule has 0 radical (unpaired) electrons. The Bertz CT molecular complexity index is 1030. The molecular formula is C24H26F2N2O3. The van der Waals surface area contributed by atoms with Crippen molar-refractivity contribution in [1.82, 2.24) is 0 Å². The number of hydrogen-bond donors (Lipinski definition) is 2. The van der Waals surface area contributed by atoms with Gasteiger partial charge in [-0.1, -0.05) is 6.08 Å². The quantitative estimate of drug-likeness (QED) is 0.686. The summed E-state index contributed by atoms with van der Waals surface area (Å²) in [5.41, 5.74) is 5.75. The van der Waals surface area contributed by atoms with E-state index in [1.165, 1.54) is 26.8 Å². The van der Waals surface area contributed by atoms with Crippen molar-refractivity contribution in [1.29, 1.82) is 0 Å². The van der Waals surface area contributed by atoms with Gasteiger partial charge >= 0.3 is 0 Å². The van der Waals surface area contributed by atoms with Gasteiger partial charge in [0.2, 0.25) is 5.91 Å². The highest BCUT2D eigenvalue weighted by Gasteiger charge is 2.37. The van der Waals surface area contributed by atoms with E-state index in [0.29, 0.717) is 11.1 Å². The molecule has 3 rings (SSSR count). The molecule has 0 saturated carbocycles. The van der Waals surface area contributed by atoms with Crippen molar-refractivity contribution in [3.05, 3.63) is 70.8 Å². The lowest BCUT2D eigenvalue weighted by Gasteiger charge is -2.30. The highest BCUT2D eigenvalue weighted by molar-refractivity contribution is 5.94. The first-order chi connectivity index (χ1) is 14.4. The van der Waals surface area contributed by atoms with Gasteiger partial charge in [-0.15, -0.1) is 0 Å². The summed E-state index contributed by atoms with van der Waals surface area (Å²) in [6, 6.07) is 8.66. The van der Waals surface area contributed by atoms with Crippen molar-refractivity contribution < 1.29 is 23.5 Å². The van der Waals surface area contributed by atoms with Crippen LogP contribution in [0.2, 0.25) is 0 Å². The van der Waals surface area contributed by atoms with Gasteiger partial charge in [-0.2, -0.15) is 0 Å². The number of nitrogens with zero attached hydrogens (tertiary/aromatic N) is 1. The zero-order chi connectivity index (χ0) is 23.1. The van der Waals surface area contributed by atoms with Crippen LogP contribution in [0.15, 0.2) is 42.5 Å². The van der Waals surface area contributed by atoms with Gasteiger partial charge < -0.3 is 15.7 Å². The summed E-state index contributed by atoms with van der Waals surface area (Å²) < 4.78 is 29.7. The molecule has 0 heterocycles. The molecule has 1 amide bonds. The third kappa shape index (κ3) is 4.51. The molecule has 2 unspecified atom stereocenters. The summed E-state index contributed by atoms with van der Waals surface area (Å²) in [5.74, 6) is -3.02. The van der Waals surface area contributed by atoms with E-state index in [9.17, 15) is 23.5 Å². The molecule has 0 bridgehead atoms. The number of amides is 1. The van der Waals surface area contributed by atoms with Crippen LogP contribution >= 0.6 is 0 Å². The maximum atomic E-state index is 14.8. The van der Waals surface area contributed by atoms with Crippen molar-refractivity contribution in [2.45, 2.75) is 38.8 Å². The van der Waals surface area contributed by atoms with Crippen LogP contribution in [0, 0.1) is 17.6 Å². The van der Waals surface area contributed by atoms with E-state index in [4.69, 9.17) is 5.73 Å². The third-order valence-electron chi connectivity index (χ3n) is 5.80. The fourth-order valence-corrected chi connectivity index (χ4v) is 3.94. The van der Waals surface area contributed by atoms with Gasteiger partial charge in [-0.3, -0.25) is 9.59 Å². The number of benzene rings is 2. The summed E-state index contributed by atoms with van der Waals surface area (Å²) in [4.78, 5) is 25.4. The standard InChI is InChI=1S/C24H26F2N2O3/c1-13(29)14-5-7-17(8-6-14)28(4)21-10-15(9-18(21)23(27)30)22-19(25)11-16(12-20(22)26)24(2,3)31/h5-9,11-12,18,21,31H,10H2,1-4H3,(H2,27,30). The lowest BCUT2D eigenvalue weighted by molar-refractivity contribution is -0.120. The Morgan fingerprint density at radius 1 is 1.13 bits per heavy atom. The first kappa shape index (κ1) is 22.6. The minimum absolute atomic E-state index is 0.0607. The van der Waals surface area contributed by atoms with Gasteiger partial charge in [0.25, 0.3) is 0 Å². The zero-order valence-electron chi connectivity index (χ0n) is 17.9. The fourth-order valence-electron chi connectivity index (χ4n) is 3.94. The molecular weight excluding hydrogens is 402 g/mol. The molecule has 1 aliphatic rings. The van der Waals surface area contributed by atoms with Crippen molar-refractivity contribution in [3.63, 3.8) is 0 Å². The second-order valence-electron chi connectivity index (χ2n) is 8.48. The van der Waals surface area contributed by atoms with Gasteiger partial charge in [0, 0.05) is 29.9 Å². The van der Waals surface area contributed by atoms with Crippen molar-refractivity contribution >= 4 is 23.0 Å². The number of Topliss-reactive ketones (excluding diaryl/α,β-unsaturated/α-hetero) is 1. The molecule has 2 aromatic rings. The molecule has 0 saturated heterocycles. The second-order valence-corrected chi connectivity index (χ2v) is 8.48. The smallest absolute Gasteiger partial charge is 0.226 e. The van der Waals surface area contributed by atoms with E-state index >= 15 is 0 Å². The first-order valence-electron chi connectivity index (χ1n) is 9.96. The molecule has 0 aliphatic heterocycles. The predicted octanol–water partition coefficient (Wildman–Crippen LogP) is 3.79. The Kier molecular flexibility index (Phi) is 6.00. The van der Waals surface area contributed by atoms with Crippen LogP contribution in [-0.4, -0.2) is 29.9 Å². The number of anilines is 1. The predicted molar refractivity (Wildman–Crippen MR) is 116 cm³/mol. The van der Waals surface area contributed by atoms with Crippen molar-refractivity contribution in [2.75, 3.05) is 11.9 Å². The monoisotopic (exact) mass is 428 g/mol. The summed E-state index contributed by atoms with van der Waals surface area (Å²) in [7, 11) is 1.77. The van der Waals surface area contributed by atoms with Gasteiger partial charge in [-0.05, 0) is 74.7 Å². The summed E-state index contributed by atoms with van der Waals surface area (Å²) >= 11 is 0. The Morgan fingerprint density at radius 2 is 1.68 bits per heavy atom. The second kappa shape index (κ2) is 8.23. The van der Waals surface area contributed by atoms with Gasteiger partial charge in [0.05, 0.1) is 11.5 Å². The van der Waals surface area contributed by atoms with Crippen LogP contribution in [-0.2, 0) is 10.4 Å². The molecule has 1 aliphatic carbocycles. The maximum Gasteiger partial charge on any atom is 0.226 e. The van der Waals surface area contributed by atoms with Crippen LogP contribution in [0.5, 0.6) is 0 Å². The van der Waals surface area contributed by atoms with E-state index in [-0.39, 0.29) is 23.3 Å². The molecule has 164 valence electrons. The number of aliphatic hydroxyl groups is 1. The first-order valence-corrected chi connectivity index (χ1v) is 9.96. The number of carbonyl (C=O) groups excluding carboxylic acids is 2. The van der Waals surface area contributed by atoms with Crippen LogP contribution in [0.3, 0.4) is 0 Å². The number of halogens is 2. The highest BCUT2D eigenvalue weighted by atomic mass is 19.1. The highest BCUT2D eigenvalue weighted by Crippen LogP contribution is 2.39. The van der Waals surface area contributed by atoms with Gasteiger partial charge in [0.1, 0.15) is 11.6 Å². The number of hydrogen-bond acceptors (Lipinski definition) is 4. The van der Waals surface area contributed by atoms with Crippen LogP contribution in [0.1, 0.15) is 48.7 Å². The molecule has 3 N–H and O–H groups in total. The number of primary amides is 1. The van der Waals surface area contributed by atoms with Crippen LogP contribution in [0.25, 0.3) is 5.57 Å². The summed E-state index contributed by atoms with van der Waals surface area (Å²) in [6.07, 6.45) is 1.72. The molecule has 2 aromatic carbocycles. The Balaban J connectivity index is 1.95. The van der Waals surface area contributed by atoms with E-state index in [0.717, 1.165) is 17.8 Å². The van der Waals surface area contributed by atoms with E-state index in [2.05, 4.69) is 0 Å². The van der Waals surface area contributed by atoms with Crippen LogP contribution < -0.4 is 10.6 Å². The number of rotatable bonds is 6. The molecule has 0 aromatic heterocycles. The normalized spacial score (nSPS) is 18.6. The zero-order valence-corrected chi connectivity index (χ0v) is 17.9. The van der Waals surface area contributed by atoms with E-state index < -0.39 is 35.1 Å². The molecule has 5 nitrogen and oxygen atoms in total. The largest absolute Gasteiger partial charge is 0.386 e. The minimum atomic E-state index is -1.39. The summed E-state index contributed by atoms with van der Waals surface area (Å²) in [6.45, 7) is 4.36. The maximum absolute atomic E-state index is 14.8. The minimum Gasteiger partial charge on any atom is -0.386 e. The SMILES string of the molecule is CC(=O)c1ccc(N(C)C2CC(c3c(F)cc(C(C)(C)O)cc3F)=CC2C(N)=O)cc1. The van der Waals surface area contributed by atoms with Gasteiger partial charge in [0.15, 0.2) is 5.78 Å². The molecule has 2 atom stereocenters. The average Bonchev–Trinajstić information content (AvgIpc) is 3.11. The molecule has 31 heavy (non-hydrogen) atoms. The average molecular weight is 428 g/mol. The lowest BCUT2D eigenvalue weighted by atomic mass is 9.94. The number of nitrogens with two attached hydrogens (primary N) is 1. The number of ketones is 1. The topological polar surface area (TPSA) is 83.6 Å². The Hall–Kier alpha value is -3.06. The van der Waals surface area contributed by atoms with E-state index in [1.807, 2.05) is 4.90 Å². The number of carbonyl (C=O) groups is 2. The third-order valence-corrected chi connectivity index (χ3v) is 5.80. The van der Waals surface area contributed by atoms with Crippen molar-refractivity contribution in [3.8, 4) is 0 Å².